The second-order valence-electron chi connectivity index (χ2n) is 5.21. The predicted molar refractivity (Wildman–Crippen MR) is 76.4 cm³/mol. The molecule has 0 saturated carbocycles. The maximum atomic E-state index is 12.2. The molecule has 0 aromatic carbocycles. The molecule has 2 heterocycles. The van der Waals surface area contributed by atoms with Crippen LogP contribution in [0.3, 0.4) is 0 Å². The van der Waals surface area contributed by atoms with Crippen LogP contribution in [-0.2, 0) is 20.9 Å². The molecule has 0 bridgehead atoms. The summed E-state index contributed by atoms with van der Waals surface area (Å²) in [6, 6.07) is 3.34. The number of esters is 1. The lowest BCUT2D eigenvalue weighted by Gasteiger charge is -2.24. The summed E-state index contributed by atoms with van der Waals surface area (Å²) in [5.41, 5.74) is 0. The molecular formula is C15H22N2O4. The van der Waals surface area contributed by atoms with E-state index in [0.717, 1.165) is 25.1 Å². The quantitative estimate of drug-likeness (QED) is 0.739. The van der Waals surface area contributed by atoms with Crippen molar-refractivity contribution in [3.63, 3.8) is 0 Å². The van der Waals surface area contributed by atoms with E-state index in [-0.39, 0.29) is 24.5 Å². The van der Waals surface area contributed by atoms with E-state index >= 15 is 0 Å². The van der Waals surface area contributed by atoms with Crippen molar-refractivity contribution in [2.75, 3.05) is 26.7 Å². The zero-order chi connectivity index (χ0) is 15.2. The zero-order valence-electron chi connectivity index (χ0n) is 12.6. The third kappa shape index (κ3) is 4.07. The number of likely N-dealkylation sites (tertiary alicyclic amines) is 1. The van der Waals surface area contributed by atoms with Crippen LogP contribution in [0.15, 0.2) is 22.8 Å². The van der Waals surface area contributed by atoms with Crippen LogP contribution < -0.4 is 0 Å². The summed E-state index contributed by atoms with van der Waals surface area (Å²) in [7, 11) is 1.74. The minimum Gasteiger partial charge on any atom is -0.467 e. The fraction of sp³-hybridized carbons (Fsp3) is 0.600. The molecule has 1 aliphatic heterocycles. The number of furan rings is 1. The normalized spacial score (nSPS) is 18.7. The van der Waals surface area contributed by atoms with Gasteiger partial charge in [0.1, 0.15) is 11.8 Å². The summed E-state index contributed by atoms with van der Waals surface area (Å²) >= 11 is 0. The van der Waals surface area contributed by atoms with Crippen molar-refractivity contribution in [3.05, 3.63) is 24.2 Å². The Morgan fingerprint density at radius 2 is 2.33 bits per heavy atom. The molecule has 1 fully saturated rings. The molecule has 1 aliphatic rings. The molecule has 2 rings (SSSR count). The maximum absolute atomic E-state index is 12.2. The van der Waals surface area contributed by atoms with Crippen molar-refractivity contribution < 1.29 is 18.7 Å². The fourth-order valence-electron chi connectivity index (χ4n) is 2.54. The first-order valence-corrected chi connectivity index (χ1v) is 7.29. The third-order valence-electron chi connectivity index (χ3n) is 3.66. The molecule has 0 spiro atoms. The van der Waals surface area contributed by atoms with Gasteiger partial charge in [-0.25, -0.2) is 0 Å². The largest absolute Gasteiger partial charge is 0.467 e. The van der Waals surface area contributed by atoms with Crippen molar-refractivity contribution in [2.45, 2.75) is 32.4 Å². The number of nitrogens with zero attached hydrogens (tertiary/aromatic N) is 2. The van der Waals surface area contributed by atoms with Crippen molar-refractivity contribution in [1.29, 1.82) is 0 Å². The molecule has 6 nitrogen and oxygen atoms in total. The molecule has 1 aromatic rings. The number of rotatable bonds is 6. The van der Waals surface area contributed by atoms with Crippen LogP contribution in [-0.4, -0.2) is 54.5 Å². The first kappa shape index (κ1) is 15.6. The van der Waals surface area contributed by atoms with Gasteiger partial charge in [-0.3, -0.25) is 14.5 Å². The number of hydrogen-bond acceptors (Lipinski definition) is 5. The van der Waals surface area contributed by atoms with Gasteiger partial charge in [0.25, 0.3) is 0 Å². The average molecular weight is 294 g/mol. The van der Waals surface area contributed by atoms with Crippen LogP contribution in [0.4, 0.5) is 0 Å². The summed E-state index contributed by atoms with van der Waals surface area (Å²) in [5, 5.41) is 0. The summed E-state index contributed by atoms with van der Waals surface area (Å²) in [6.45, 7) is 3.59. The van der Waals surface area contributed by atoms with Crippen molar-refractivity contribution in [1.82, 2.24) is 9.80 Å². The van der Waals surface area contributed by atoms with Gasteiger partial charge in [-0.05, 0) is 38.4 Å². The highest BCUT2D eigenvalue weighted by molar-refractivity contribution is 5.80. The van der Waals surface area contributed by atoms with Gasteiger partial charge in [0.2, 0.25) is 5.91 Å². The summed E-state index contributed by atoms with van der Waals surface area (Å²) in [4.78, 5) is 27.6. The maximum Gasteiger partial charge on any atom is 0.323 e. The second-order valence-corrected chi connectivity index (χ2v) is 5.21. The Hall–Kier alpha value is -1.82. The van der Waals surface area contributed by atoms with Crippen molar-refractivity contribution >= 4 is 11.9 Å². The SMILES string of the molecule is CCOC(=O)C1CCCN1CC(=O)N(C)Cc1ccco1. The van der Waals surface area contributed by atoms with Crippen molar-refractivity contribution in [3.8, 4) is 0 Å². The van der Waals surface area contributed by atoms with Crippen LogP contribution in [0.2, 0.25) is 0 Å². The highest BCUT2D eigenvalue weighted by atomic mass is 16.5. The van der Waals surface area contributed by atoms with Crippen LogP contribution >= 0.6 is 0 Å². The number of carbonyl (C=O) groups excluding carboxylic acids is 2. The number of ether oxygens (including phenoxy) is 1. The molecule has 1 unspecified atom stereocenters. The van der Waals surface area contributed by atoms with Crippen LogP contribution in [0.5, 0.6) is 0 Å². The van der Waals surface area contributed by atoms with Crippen molar-refractivity contribution in [2.24, 2.45) is 0 Å². The fourth-order valence-corrected chi connectivity index (χ4v) is 2.54. The smallest absolute Gasteiger partial charge is 0.323 e. The Morgan fingerprint density at radius 3 is 3.00 bits per heavy atom. The van der Waals surface area contributed by atoms with Crippen LogP contribution in [0.1, 0.15) is 25.5 Å². The lowest BCUT2D eigenvalue weighted by molar-refractivity contribution is -0.149. The molecule has 1 aromatic heterocycles. The summed E-state index contributed by atoms with van der Waals surface area (Å²) in [6.07, 6.45) is 3.26. The van der Waals surface area contributed by atoms with Crippen LogP contribution in [0, 0.1) is 0 Å². The van der Waals surface area contributed by atoms with E-state index in [1.165, 1.54) is 0 Å². The average Bonchev–Trinajstić information content (AvgIpc) is 3.10. The number of hydrogen-bond donors (Lipinski definition) is 0. The first-order chi connectivity index (χ1) is 10.1. The lowest BCUT2D eigenvalue weighted by atomic mass is 10.2. The van der Waals surface area contributed by atoms with E-state index in [1.807, 2.05) is 11.0 Å². The zero-order valence-corrected chi connectivity index (χ0v) is 12.6. The van der Waals surface area contributed by atoms with Gasteiger partial charge in [-0.1, -0.05) is 0 Å². The Bertz CT molecular complexity index is 472. The molecule has 6 heteroatoms. The minimum absolute atomic E-state index is 0.0254. The molecule has 116 valence electrons. The molecule has 0 aliphatic carbocycles. The first-order valence-electron chi connectivity index (χ1n) is 7.29. The lowest BCUT2D eigenvalue weighted by Crippen LogP contribution is -2.44. The highest BCUT2D eigenvalue weighted by Gasteiger charge is 2.33. The van der Waals surface area contributed by atoms with E-state index in [4.69, 9.17) is 9.15 Å². The van der Waals surface area contributed by atoms with E-state index in [9.17, 15) is 9.59 Å². The van der Waals surface area contributed by atoms with E-state index < -0.39 is 0 Å². The molecule has 0 radical (unpaired) electrons. The Labute approximate surface area is 124 Å². The minimum atomic E-state index is -0.286. The standard InChI is InChI=1S/C15H22N2O4/c1-3-20-15(19)13-7-4-8-17(13)11-14(18)16(2)10-12-6-5-9-21-12/h5-6,9,13H,3-4,7-8,10-11H2,1-2H3. The Morgan fingerprint density at radius 1 is 1.52 bits per heavy atom. The topological polar surface area (TPSA) is 63.0 Å². The molecule has 1 atom stereocenters. The number of amides is 1. The van der Waals surface area contributed by atoms with Gasteiger partial charge in [0.05, 0.1) is 26.0 Å². The highest BCUT2D eigenvalue weighted by Crippen LogP contribution is 2.18. The van der Waals surface area contributed by atoms with Gasteiger partial charge in [-0.2, -0.15) is 0 Å². The van der Waals surface area contributed by atoms with E-state index in [1.54, 1.807) is 31.2 Å². The number of carbonyl (C=O) groups is 2. The van der Waals surface area contributed by atoms with Gasteiger partial charge >= 0.3 is 5.97 Å². The molecule has 1 amide bonds. The van der Waals surface area contributed by atoms with Gasteiger partial charge < -0.3 is 14.1 Å². The second kappa shape index (κ2) is 7.26. The molecule has 21 heavy (non-hydrogen) atoms. The molecular weight excluding hydrogens is 272 g/mol. The van der Waals surface area contributed by atoms with Gasteiger partial charge in [0.15, 0.2) is 0 Å². The summed E-state index contributed by atoms with van der Waals surface area (Å²) in [5.74, 6) is 0.494. The van der Waals surface area contributed by atoms with E-state index in [0.29, 0.717) is 13.2 Å². The molecule has 0 N–H and O–H groups in total. The third-order valence-corrected chi connectivity index (χ3v) is 3.66. The summed E-state index contributed by atoms with van der Waals surface area (Å²) < 4.78 is 10.3. The predicted octanol–water partition coefficient (Wildman–Crippen LogP) is 1.27. The van der Waals surface area contributed by atoms with Gasteiger partial charge in [-0.15, -0.1) is 0 Å². The number of likely N-dealkylation sites (N-methyl/N-ethyl adjacent to an activating group) is 1. The van der Waals surface area contributed by atoms with E-state index in [2.05, 4.69) is 0 Å². The monoisotopic (exact) mass is 294 g/mol. The Balaban J connectivity index is 1.87. The van der Waals surface area contributed by atoms with Crippen LogP contribution in [0.25, 0.3) is 0 Å². The molecule has 1 saturated heterocycles. The Kier molecular flexibility index (Phi) is 5.38. The van der Waals surface area contributed by atoms with Gasteiger partial charge in [0, 0.05) is 7.05 Å².